The minimum absolute atomic E-state index is 0.105. The van der Waals surface area contributed by atoms with Gasteiger partial charge in [-0.1, -0.05) is 0 Å². The van der Waals surface area contributed by atoms with Crippen molar-refractivity contribution < 1.29 is 9.66 Å². The van der Waals surface area contributed by atoms with Crippen molar-refractivity contribution >= 4 is 17.3 Å². The number of rotatable bonds is 7. The van der Waals surface area contributed by atoms with Gasteiger partial charge in [0.2, 0.25) is 5.82 Å². The van der Waals surface area contributed by atoms with E-state index in [9.17, 15) is 10.1 Å². The summed E-state index contributed by atoms with van der Waals surface area (Å²) in [6, 6.07) is 2.79. The molecular weight excluding hydrogens is 250 g/mol. The summed E-state index contributed by atoms with van der Waals surface area (Å²) in [7, 11) is 0. The maximum absolute atomic E-state index is 10.9. The van der Waals surface area contributed by atoms with Gasteiger partial charge in [-0.2, -0.15) is 0 Å². The van der Waals surface area contributed by atoms with Crippen molar-refractivity contribution in [3.05, 3.63) is 22.2 Å². The lowest BCUT2D eigenvalue weighted by molar-refractivity contribution is -0.384. The van der Waals surface area contributed by atoms with Crippen LogP contribution < -0.4 is 16.6 Å². The molecule has 1 aromatic heterocycles. The molecule has 0 spiro atoms. The molecule has 19 heavy (non-hydrogen) atoms. The zero-order valence-electron chi connectivity index (χ0n) is 11.3. The molecule has 0 aliphatic heterocycles. The Morgan fingerprint density at radius 2 is 2.21 bits per heavy atom. The molecule has 1 heterocycles. The van der Waals surface area contributed by atoms with Gasteiger partial charge in [-0.15, -0.1) is 0 Å². The van der Waals surface area contributed by atoms with Crippen molar-refractivity contribution in [2.24, 2.45) is 5.84 Å². The number of hydrogen-bond donors (Lipinski definition) is 3. The van der Waals surface area contributed by atoms with Crippen LogP contribution in [0.1, 0.15) is 20.8 Å². The molecule has 0 fully saturated rings. The first kappa shape index (κ1) is 15.1. The molecule has 0 amide bonds. The van der Waals surface area contributed by atoms with Crippen LogP contribution in [0.3, 0.4) is 0 Å². The Hall–Kier alpha value is -1.93. The van der Waals surface area contributed by atoms with Crippen LogP contribution in [0.5, 0.6) is 0 Å². The Kier molecular flexibility index (Phi) is 5.02. The second kappa shape index (κ2) is 6.30. The highest BCUT2D eigenvalue weighted by Crippen LogP contribution is 2.24. The minimum atomic E-state index is -0.497. The number of nitrogens with two attached hydrogens (primary N) is 1. The normalized spacial score (nSPS) is 11.2. The smallest absolute Gasteiger partial charge is 0.311 e. The van der Waals surface area contributed by atoms with Crippen molar-refractivity contribution in [3.63, 3.8) is 0 Å². The summed E-state index contributed by atoms with van der Waals surface area (Å²) in [5.41, 5.74) is 1.80. The molecule has 0 radical (unpaired) electrons. The van der Waals surface area contributed by atoms with Crippen molar-refractivity contribution in [2.45, 2.75) is 26.4 Å². The molecule has 0 unspecified atom stereocenters. The fraction of sp³-hybridized carbons (Fsp3) is 0.545. The molecule has 0 saturated carbocycles. The number of nitrogens with one attached hydrogen (secondary N) is 2. The number of aromatic nitrogens is 1. The summed E-state index contributed by atoms with van der Waals surface area (Å²) in [6.07, 6.45) is 0. The van der Waals surface area contributed by atoms with E-state index < -0.39 is 10.5 Å². The summed E-state index contributed by atoms with van der Waals surface area (Å²) in [5, 5.41) is 13.8. The van der Waals surface area contributed by atoms with Crippen molar-refractivity contribution in [1.82, 2.24) is 4.98 Å². The number of nitro groups is 1. The summed E-state index contributed by atoms with van der Waals surface area (Å²) < 4.78 is 5.51. The van der Waals surface area contributed by atoms with E-state index in [1.165, 1.54) is 12.1 Å². The standard InChI is InChI=1S/C11H19N5O3/c1-4-19-11(2,3)7-13-10-8(16(17)18)5-6-9(14-10)15-12/h5-6H,4,7,12H2,1-3H3,(H2,13,14,15). The number of hydrazine groups is 1. The highest BCUT2D eigenvalue weighted by molar-refractivity contribution is 5.60. The van der Waals surface area contributed by atoms with E-state index in [-0.39, 0.29) is 11.5 Å². The molecule has 0 bridgehead atoms. The van der Waals surface area contributed by atoms with Gasteiger partial charge in [-0.25, -0.2) is 10.8 Å². The van der Waals surface area contributed by atoms with Crippen molar-refractivity contribution in [1.29, 1.82) is 0 Å². The zero-order chi connectivity index (χ0) is 14.5. The van der Waals surface area contributed by atoms with Gasteiger partial charge in [0.1, 0.15) is 5.82 Å². The van der Waals surface area contributed by atoms with E-state index in [0.717, 1.165) is 0 Å². The number of nitrogens with zero attached hydrogens (tertiary/aromatic N) is 2. The fourth-order valence-electron chi connectivity index (χ4n) is 1.55. The first-order valence-electron chi connectivity index (χ1n) is 5.89. The van der Waals surface area contributed by atoms with Crippen LogP contribution in [-0.4, -0.2) is 28.7 Å². The zero-order valence-corrected chi connectivity index (χ0v) is 11.3. The molecule has 0 aliphatic carbocycles. The number of anilines is 2. The minimum Gasteiger partial charge on any atom is -0.374 e. The maximum atomic E-state index is 10.9. The fourth-order valence-corrected chi connectivity index (χ4v) is 1.55. The molecule has 4 N–H and O–H groups in total. The van der Waals surface area contributed by atoms with E-state index >= 15 is 0 Å². The van der Waals surface area contributed by atoms with Crippen LogP contribution in [-0.2, 0) is 4.74 Å². The molecule has 0 saturated heterocycles. The number of hydrogen-bond acceptors (Lipinski definition) is 7. The quantitative estimate of drug-likeness (QED) is 0.390. The third-order valence-electron chi connectivity index (χ3n) is 2.44. The Labute approximate surface area is 111 Å². The van der Waals surface area contributed by atoms with Crippen molar-refractivity contribution in [2.75, 3.05) is 23.9 Å². The van der Waals surface area contributed by atoms with Gasteiger partial charge in [0, 0.05) is 19.2 Å². The highest BCUT2D eigenvalue weighted by atomic mass is 16.6. The van der Waals surface area contributed by atoms with Crippen LogP contribution in [0, 0.1) is 10.1 Å². The first-order valence-corrected chi connectivity index (χ1v) is 5.89. The molecule has 0 atom stereocenters. The second-order valence-corrected chi connectivity index (χ2v) is 4.51. The van der Waals surface area contributed by atoms with E-state index in [1.54, 1.807) is 0 Å². The third kappa shape index (κ3) is 4.34. The maximum Gasteiger partial charge on any atom is 0.311 e. The van der Waals surface area contributed by atoms with Gasteiger partial charge < -0.3 is 15.5 Å². The predicted octanol–water partition coefficient (Wildman–Crippen LogP) is 1.50. The van der Waals surface area contributed by atoms with Gasteiger partial charge in [0.25, 0.3) is 0 Å². The molecule has 106 valence electrons. The summed E-state index contributed by atoms with van der Waals surface area (Å²) in [6.45, 7) is 6.62. The van der Waals surface area contributed by atoms with Gasteiger partial charge in [-0.05, 0) is 26.8 Å². The topological polar surface area (TPSA) is 115 Å². The summed E-state index contributed by atoms with van der Waals surface area (Å²) in [5.74, 6) is 5.75. The molecule has 0 aromatic carbocycles. The Morgan fingerprint density at radius 1 is 1.53 bits per heavy atom. The van der Waals surface area contributed by atoms with Crippen LogP contribution in [0.15, 0.2) is 12.1 Å². The van der Waals surface area contributed by atoms with E-state index in [1.807, 2.05) is 20.8 Å². The molecule has 1 aromatic rings. The second-order valence-electron chi connectivity index (χ2n) is 4.51. The number of ether oxygens (including phenoxy) is 1. The van der Waals surface area contributed by atoms with E-state index in [0.29, 0.717) is 19.0 Å². The van der Waals surface area contributed by atoms with Crippen LogP contribution >= 0.6 is 0 Å². The van der Waals surface area contributed by atoms with E-state index in [2.05, 4.69) is 15.7 Å². The molecule has 1 rings (SSSR count). The van der Waals surface area contributed by atoms with Gasteiger partial charge in [0.15, 0.2) is 0 Å². The monoisotopic (exact) mass is 269 g/mol. The predicted molar refractivity (Wildman–Crippen MR) is 72.9 cm³/mol. The number of nitrogen functional groups attached to an aromatic ring is 1. The summed E-state index contributed by atoms with van der Waals surface area (Å²) in [4.78, 5) is 14.4. The highest BCUT2D eigenvalue weighted by Gasteiger charge is 2.21. The Balaban J connectivity index is 2.89. The molecule has 8 heteroatoms. The van der Waals surface area contributed by atoms with Crippen LogP contribution in [0.25, 0.3) is 0 Å². The van der Waals surface area contributed by atoms with Crippen LogP contribution in [0.4, 0.5) is 17.3 Å². The number of pyridine rings is 1. The van der Waals surface area contributed by atoms with Gasteiger partial charge >= 0.3 is 5.69 Å². The molecule has 8 nitrogen and oxygen atoms in total. The van der Waals surface area contributed by atoms with E-state index in [4.69, 9.17) is 10.6 Å². The Morgan fingerprint density at radius 3 is 2.74 bits per heavy atom. The van der Waals surface area contributed by atoms with Gasteiger partial charge in [-0.3, -0.25) is 10.1 Å². The van der Waals surface area contributed by atoms with Gasteiger partial charge in [0.05, 0.1) is 10.5 Å². The first-order chi connectivity index (χ1) is 8.89. The molecular formula is C11H19N5O3. The summed E-state index contributed by atoms with van der Waals surface area (Å²) >= 11 is 0. The van der Waals surface area contributed by atoms with Crippen LogP contribution in [0.2, 0.25) is 0 Å². The lowest BCUT2D eigenvalue weighted by Crippen LogP contribution is -2.33. The lowest BCUT2D eigenvalue weighted by atomic mass is 10.1. The largest absolute Gasteiger partial charge is 0.374 e. The Bertz CT molecular complexity index is 450. The lowest BCUT2D eigenvalue weighted by Gasteiger charge is -2.25. The SMILES string of the molecule is CCOC(C)(C)CNc1nc(NN)ccc1[N+](=O)[O-]. The third-order valence-corrected chi connectivity index (χ3v) is 2.44. The van der Waals surface area contributed by atoms with Crippen molar-refractivity contribution in [3.8, 4) is 0 Å². The molecule has 0 aliphatic rings. The average molecular weight is 269 g/mol. The average Bonchev–Trinajstić information content (AvgIpc) is 2.35.